The number of nitriles is 1. The van der Waals surface area contributed by atoms with E-state index in [1.54, 1.807) is 0 Å². The fourth-order valence-electron chi connectivity index (χ4n) is 1.87. The number of hydrogen-bond donors (Lipinski definition) is 1. The molecule has 0 aliphatic heterocycles. The van der Waals surface area contributed by atoms with Crippen LogP contribution in [-0.2, 0) is 0 Å². The second-order valence-corrected chi connectivity index (χ2v) is 4.83. The summed E-state index contributed by atoms with van der Waals surface area (Å²) in [5.74, 6) is 0.688. The van der Waals surface area contributed by atoms with Gasteiger partial charge in [-0.05, 0) is 48.9 Å². The molecule has 0 heterocycles. The van der Waals surface area contributed by atoms with Crippen LogP contribution >= 0.6 is 11.6 Å². The Kier molecular flexibility index (Phi) is 4.86. The minimum absolute atomic E-state index is 0.0612. The largest absolute Gasteiger partial charge is 0.479 e. The fourth-order valence-corrected chi connectivity index (χ4v) is 2.07. The molecular formula is C16H15ClN2O. The van der Waals surface area contributed by atoms with Crippen molar-refractivity contribution in [3.05, 3.63) is 59.1 Å². The molecule has 3 nitrogen and oxygen atoms in total. The van der Waals surface area contributed by atoms with Crippen molar-refractivity contribution in [3.8, 4) is 11.8 Å². The fraction of sp³-hybridized carbons (Fsp3) is 0.188. The average Bonchev–Trinajstić information content (AvgIpc) is 2.46. The normalized spacial score (nSPS) is 11.4. The molecule has 1 N–H and O–H groups in total. The van der Waals surface area contributed by atoms with Gasteiger partial charge in [0.2, 0.25) is 0 Å². The number of halogens is 1. The summed E-state index contributed by atoms with van der Waals surface area (Å²) >= 11 is 5.99. The molecular weight excluding hydrogens is 272 g/mol. The Morgan fingerprint density at radius 2 is 2.00 bits per heavy atom. The van der Waals surface area contributed by atoms with Crippen molar-refractivity contribution in [3.63, 3.8) is 0 Å². The summed E-state index contributed by atoms with van der Waals surface area (Å²) in [7, 11) is 0. The molecule has 1 atom stereocenters. The number of hydrogen-bond acceptors (Lipinski definition) is 3. The highest BCUT2D eigenvalue weighted by Crippen LogP contribution is 2.23. The molecule has 2 aromatic rings. The summed E-state index contributed by atoms with van der Waals surface area (Å²) < 4.78 is 5.21. The van der Waals surface area contributed by atoms with E-state index in [2.05, 4.69) is 12.2 Å². The number of nitrogens with zero attached hydrogens (tertiary/aromatic N) is 1. The highest BCUT2D eigenvalue weighted by molar-refractivity contribution is 6.30. The Morgan fingerprint density at radius 1 is 1.25 bits per heavy atom. The maximum Gasteiger partial charge on any atom is 0.174 e. The number of ether oxygens (including phenoxy) is 1. The molecule has 20 heavy (non-hydrogen) atoms. The van der Waals surface area contributed by atoms with Gasteiger partial charge in [0.15, 0.2) is 6.61 Å². The van der Waals surface area contributed by atoms with Gasteiger partial charge in [-0.25, -0.2) is 0 Å². The minimum atomic E-state index is 0.0612. The van der Waals surface area contributed by atoms with Gasteiger partial charge in [0.1, 0.15) is 11.8 Å². The molecule has 0 amide bonds. The van der Waals surface area contributed by atoms with E-state index in [1.165, 1.54) is 0 Å². The summed E-state index contributed by atoms with van der Waals surface area (Å²) in [6.45, 7) is 2.14. The van der Waals surface area contributed by atoms with Crippen LogP contribution in [0.5, 0.6) is 5.75 Å². The van der Waals surface area contributed by atoms with Crippen LogP contribution in [0.4, 0.5) is 5.69 Å². The van der Waals surface area contributed by atoms with Gasteiger partial charge in [-0.15, -0.1) is 0 Å². The molecule has 0 bridgehead atoms. The van der Waals surface area contributed by atoms with Crippen molar-refractivity contribution < 1.29 is 4.74 Å². The van der Waals surface area contributed by atoms with Crippen molar-refractivity contribution in [2.45, 2.75) is 13.0 Å². The Morgan fingerprint density at radius 3 is 2.65 bits per heavy atom. The van der Waals surface area contributed by atoms with Crippen LogP contribution in [0.2, 0.25) is 5.02 Å². The van der Waals surface area contributed by atoms with Gasteiger partial charge in [0.05, 0.1) is 0 Å². The van der Waals surface area contributed by atoms with E-state index in [1.807, 2.05) is 54.6 Å². The van der Waals surface area contributed by atoms with E-state index in [0.29, 0.717) is 5.75 Å². The maximum atomic E-state index is 8.45. The van der Waals surface area contributed by atoms with E-state index >= 15 is 0 Å². The molecule has 0 saturated carbocycles. The third-order valence-corrected chi connectivity index (χ3v) is 3.12. The van der Waals surface area contributed by atoms with Crippen molar-refractivity contribution >= 4 is 17.3 Å². The average molecular weight is 287 g/mol. The Balaban J connectivity index is 2.01. The molecule has 0 aromatic heterocycles. The van der Waals surface area contributed by atoms with Gasteiger partial charge in [0, 0.05) is 16.8 Å². The van der Waals surface area contributed by atoms with E-state index in [4.69, 9.17) is 21.6 Å². The standard InChI is InChI=1S/C16H15ClN2O/c1-12(13-3-2-4-14(17)11-13)19-15-5-7-16(8-6-15)20-10-9-18/h2-8,11-12,19H,10H2,1H3. The predicted octanol–water partition coefficient (Wildman–Crippen LogP) is 4.42. The second kappa shape index (κ2) is 6.83. The summed E-state index contributed by atoms with van der Waals surface area (Å²) in [5.41, 5.74) is 2.11. The third kappa shape index (κ3) is 3.91. The van der Waals surface area contributed by atoms with Gasteiger partial charge >= 0.3 is 0 Å². The van der Waals surface area contributed by atoms with Crippen LogP contribution in [0.1, 0.15) is 18.5 Å². The predicted molar refractivity (Wildman–Crippen MR) is 81.0 cm³/mol. The summed E-state index contributed by atoms with van der Waals surface area (Å²) in [6.07, 6.45) is 0. The first-order chi connectivity index (χ1) is 9.69. The minimum Gasteiger partial charge on any atom is -0.479 e. The number of benzene rings is 2. The molecule has 0 aliphatic rings. The van der Waals surface area contributed by atoms with E-state index in [9.17, 15) is 0 Å². The van der Waals surface area contributed by atoms with Gasteiger partial charge in [0.25, 0.3) is 0 Å². The number of nitrogens with one attached hydrogen (secondary N) is 1. The van der Waals surface area contributed by atoms with Gasteiger partial charge in [-0.2, -0.15) is 5.26 Å². The lowest BCUT2D eigenvalue weighted by Crippen LogP contribution is -2.06. The molecule has 0 radical (unpaired) electrons. The zero-order chi connectivity index (χ0) is 14.4. The van der Waals surface area contributed by atoms with Crippen molar-refractivity contribution in [1.29, 1.82) is 5.26 Å². The lowest BCUT2D eigenvalue weighted by atomic mass is 10.1. The highest BCUT2D eigenvalue weighted by atomic mass is 35.5. The van der Waals surface area contributed by atoms with Crippen LogP contribution in [0.15, 0.2) is 48.5 Å². The SMILES string of the molecule is CC(Nc1ccc(OCC#N)cc1)c1cccc(Cl)c1. The molecule has 0 fully saturated rings. The number of rotatable bonds is 5. The maximum absolute atomic E-state index is 8.45. The van der Waals surface area contributed by atoms with Crippen LogP contribution < -0.4 is 10.1 Å². The van der Waals surface area contributed by atoms with Crippen LogP contribution in [0.25, 0.3) is 0 Å². The molecule has 0 aliphatic carbocycles. The van der Waals surface area contributed by atoms with Crippen molar-refractivity contribution in [2.24, 2.45) is 0 Å². The molecule has 0 spiro atoms. The highest BCUT2D eigenvalue weighted by Gasteiger charge is 2.05. The Bertz CT molecular complexity index is 605. The Labute approximate surface area is 123 Å². The summed E-state index contributed by atoms with van der Waals surface area (Å²) in [4.78, 5) is 0. The smallest absolute Gasteiger partial charge is 0.174 e. The first kappa shape index (κ1) is 14.2. The molecule has 102 valence electrons. The van der Waals surface area contributed by atoms with Gasteiger partial charge in [-0.1, -0.05) is 23.7 Å². The van der Waals surface area contributed by atoms with Gasteiger partial charge in [-0.3, -0.25) is 0 Å². The van der Waals surface area contributed by atoms with E-state index in [0.717, 1.165) is 16.3 Å². The van der Waals surface area contributed by atoms with Crippen molar-refractivity contribution in [1.82, 2.24) is 0 Å². The third-order valence-electron chi connectivity index (χ3n) is 2.89. The monoisotopic (exact) mass is 286 g/mol. The Hall–Kier alpha value is -2.18. The lowest BCUT2D eigenvalue weighted by molar-refractivity contribution is 0.368. The topological polar surface area (TPSA) is 45.0 Å². The second-order valence-electron chi connectivity index (χ2n) is 4.39. The lowest BCUT2D eigenvalue weighted by Gasteiger charge is -2.16. The molecule has 1 unspecified atom stereocenters. The zero-order valence-corrected chi connectivity index (χ0v) is 11.9. The zero-order valence-electron chi connectivity index (χ0n) is 11.1. The van der Waals surface area contributed by atoms with Crippen LogP contribution in [0.3, 0.4) is 0 Å². The van der Waals surface area contributed by atoms with Crippen LogP contribution in [-0.4, -0.2) is 6.61 Å². The quantitative estimate of drug-likeness (QED) is 0.885. The van der Waals surface area contributed by atoms with E-state index < -0.39 is 0 Å². The molecule has 2 aromatic carbocycles. The molecule has 4 heteroatoms. The number of anilines is 1. The summed E-state index contributed by atoms with van der Waals surface area (Å²) in [5, 5.41) is 12.6. The molecule has 0 saturated heterocycles. The van der Waals surface area contributed by atoms with Crippen molar-refractivity contribution in [2.75, 3.05) is 11.9 Å². The first-order valence-corrected chi connectivity index (χ1v) is 6.68. The first-order valence-electron chi connectivity index (χ1n) is 6.31. The van der Waals surface area contributed by atoms with E-state index in [-0.39, 0.29) is 12.6 Å². The van der Waals surface area contributed by atoms with Crippen LogP contribution in [0, 0.1) is 11.3 Å². The van der Waals surface area contributed by atoms with Gasteiger partial charge < -0.3 is 10.1 Å². The molecule has 2 rings (SSSR count). The summed E-state index contributed by atoms with van der Waals surface area (Å²) in [6, 6.07) is 17.4.